The third-order valence-corrected chi connectivity index (χ3v) is 4.40. The van der Waals surface area contributed by atoms with Crippen LogP contribution in [0, 0.1) is 18.8 Å². The van der Waals surface area contributed by atoms with Crippen molar-refractivity contribution in [3.05, 3.63) is 35.3 Å². The first-order valence-electron chi connectivity index (χ1n) is 7.87. The van der Waals surface area contributed by atoms with Crippen LogP contribution in [0.25, 0.3) is 5.65 Å². The average Bonchev–Trinajstić information content (AvgIpc) is 2.75. The van der Waals surface area contributed by atoms with Crippen molar-refractivity contribution in [2.75, 3.05) is 13.1 Å². The summed E-state index contributed by atoms with van der Waals surface area (Å²) in [7, 11) is 0. The number of aryl methyl sites for hydroxylation is 1. The molecule has 2 aromatic rings. The number of carbonyl (C=O) groups is 1. The molecule has 3 heterocycles. The van der Waals surface area contributed by atoms with Gasteiger partial charge in [-0.15, -0.1) is 0 Å². The fraction of sp³-hybridized carbons (Fsp3) is 0.529. The highest BCUT2D eigenvalue weighted by molar-refractivity contribution is 5.88. The molecule has 0 saturated carbocycles. The van der Waals surface area contributed by atoms with Crippen molar-refractivity contribution in [1.29, 1.82) is 0 Å². The number of hydrogen-bond acceptors (Lipinski definition) is 3. The fourth-order valence-electron chi connectivity index (χ4n) is 3.65. The average molecular weight is 301 g/mol. The second-order valence-corrected chi connectivity index (χ2v) is 6.78. The second kappa shape index (κ2) is 5.72. The molecule has 2 atom stereocenters. The van der Waals surface area contributed by atoms with Gasteiger partial charge in [0.2, 0.25) is 0 Å². The molecule has 1 fully saturated rings. The van der Waals surface area contributed by atoms with Crippen molar-refractivity contribution in [2.24, 2.45) is 11.8 Å². The van der Waals surface area contributed by atoms with Crippen molar-refractivity contribution in [3.8, 4) is 0 Å². The summed E-state index contributed by atoms with van der Waals surface area (Å²) < 4.78 is 1.92. The van der Waals surface area contributed by atoms with Crippen molar-refractivity contribution >= 4 is 11.6 Å². The molecule has 5 nitrogen and oxygen atoms in total. The zero-order chi connectivity index (χ0) is 15.9. The SMILES string of the molecule is Cc1ccn2c(CN3CC(C)CC(C)C3)c(C(=O)O)nc2c1. The largest absolute Gasteiger partial charge is 0.476 e. The lowest BCUT2D eigenvalue weighted by Gasteiger charge is -2.34. The van der Waals surface area contributed by atoms with Crippen LogP contribution in [-0.4, -0.2) is 38.4 Å². The molecular weight excluding hydrogens is 278 g/mol. The fourth-order valence-corrected chi connectivity index (χ4v) is 3.65. The molecule has 2 unspecified atom stereocenters. The predicted octanol–water partition coefficient (Wildman–Crippen LogP) is 2.82. The normalized spacial score (nSPS) is 23.0. The first-order valence-corrected chi connectivity index (χ1v) is 7.87. The zero-order valence-corrected chi connectivity index (χ0v) is 13.4. The smallest absolute Gasteiger partial charge is 0.356 e. The van der Waals surface area contributed by atoms with E-state index in [-0.39, 0.29) is 5.69 Å². The summed E-state index contributed by atoms with van der Waals surface area (Å²) in [6.07, 6.45) is 3.17. The van der Waals surface area contributed by atoms with E-state index in [2.05, 4.69) is 23.7 Å². The Morgan fingerprint density at radius 2 is 2.05 bits per heavy atom. The first-order chi connectivity index (χ1) is 10.4. The van der Waals surface area contributed by atoms with E-state index in [4.69, 9.17) is 0 Å². The van der Waals surface area contributed by atoms with Gasteiger partial charge in [0.1, 0.15) is 5.65 Å². The number of carboxylic acid groups (broad SMARTS) is 1. The molecule has 5 heteroatoms. The predicted molar refractivity (Wildman–Crippen MR) is 85.1 cm³/mol. The maximum Gasteiger partial charge on any atom is 0.356 e. The van der Waals surface area contributed by atoms with E-state index in [0.717, 1.165) is 24.3 Å². The van der Waals surface area contributed by atoms with E-state index in [1.807, 2.05) is 29.7 Å². The number of aromatic carboxylic acids is 1. The van der Waals surface area contributed by atoms with E-state index in [1.54, 1.807) is 0 Å². The summed E-state index contributed by atoms with van der Waals surface area (Å²) in [6.45, 7) is 9.19. The topological polar surface area (TPSA) is 57.8 Å². The summed E-state index contributed by atoms with van der Waals surface area (Å²) in [4.78, 5) is 18.2. The second-order valence-electron chi connectivity index (χ2n) is 6.78. The minimum atomic E-state index is -0.950. The van der Waals surface area contributed by atoms with Crippen LogP contribution >= 0.6 is 0 Å². The van der Waals surface area contributed by atoms with E-state index < -0.39 is 5.97 Å². The Balaban J connectivity index is 1.98. The van der Waals surface area contributed by atoms with Crippen LogP contribution in [0.3, 0.4) is 0 Å². The van der Waals surface area contributed by atoms with Gasteiger partial charge in [-0.3, -0.25) is 4.90 Å². The number of fused-ring (bicyclic) bond motifs is 1. The molecule has 1 N–H and O–H groups in total. The lowest BCUT2D eigenvalue weighted by molar-refractivity contribution is 0.0686. The van der Waals surface area contributed by atoms with Gasteiger partial charge in [-0.2, -0.15) is 0 Å². The van der Waals surface area contributed by atoms with E-state index in [9.17, 15) is 9.90 Å². The number of pyridine rings is 1. The van der Waals surface area contributed by atoms with Crippen molar-refractivity contribution in [1.82, 2.24) is 14.3 Å². The van der Waals surface area contributed by atoms with Crippen LogP contribution in [0.15, 0.2) is 18.3 Å². The highest BCUT2D eigenvalue weighted by atomic mass is 16.4. The zero-order valence-electron chi connectivity index (χ0n) is 13.4. The molecule has 118 valence electrons. The molecule has 0 radical (unpaired) electrons. The van der Waals surface area contributed by atoms with Crippen LogP contribution in [0.5, 0.6) is 0 Å². The summed E-state index contributed by atoms with van der Waals surface area (Å²) >= 11 is 0. The molecule has 2 aromatic heterocycles. The monoisotopic (exact) mass is 301 g/mol. The molecule has 0 amide bonds. The minimum absolute atomic E-state index is 0.177. The van der Waals surface area contributed by atoms with Gasteiger partial charge in [0.25, 0.3) is 0 Å². The number of carboxylic acids is 1. The Morgan fingerprint density at radius 3 is 2.68 bits per heavy atom. The van der Waals surface area contributed by atoms with Crippen LogP contribution in [0.4, 0.5) is 0 Å². The van der Waals surface area contributed by atoms with Gasteiger partial charge in [0.05, 0.1) is 5.69 Å². The number of aromatic nitrogens is 2. The van der Waals surface area contributed by atoms with E-state index in [1.165, 1.54) is 6.42 Å². The molecule has 3 rings (SSSR count). The minimum Gasteiger partial charge on any atom is -0.476 e. The van der Waals surface area contributed by atoms with Crippen LogP contribution in [0.2, 0.25) is 0 Å². The van der Waals surface area contributed by atoms with Crippen LogP contribution < -0.4 is 0 Å². The quantitative estimate of drug-likeness (QED) is 0.947. The number of imidazole rings is 1. The molecular formula is C17H23N3O2. The van der Waals surface area contributed by atoms with Gasteiger partial charge in [-0.1, -0.05) is 13.8 Å². The van der Waals surface area contributed by atoms with E-state index >= 15 is 0 Å². The molecule has 1 saturated heterocycles. The molecule has 1 aliphatic heterocycles. The first kappa shape index (κ1) is 15.0. The Morgan fingerprint density at radius 1 is 1.36 bits per heavy atom. The van der Waals surface area contributed by atoms with Gasteiger partial charge in [0, 0.05) is 25.8 Å². The summed E-state index contributed by atoms with van der Waals surface area (Å²) in [5, 5.41) is 9.48. The lowest BCUT2D eigenvalue weighted by atomic mass is 9.92. The Bertz CT molecular complexity index is 697. The third kappa shape index (κ3) is 2.86. The Kier molecular flexibility index (Phi) is 3.91. The molecule has 0 bridgehead atoms. The van der Waals surface area contributed by atoms with Crippen LogP contribution in [0.1, 0.15) is 42.0 Å². The highest BCUT2D eigenvalue weighted by Crippen LogP contribution is 2.24. The maximum atomic E-state index is 11.6. The summed E-state index contributed by atoms with van der Waals surface area (Å²) in [5.41, 5.74) is 2.76. The highest BCUT2D eigenvalue weighted by Gasteiger charge is 2.25. The molecule has 22 heavy (non-hydrogen) atoms. The third-order valence-electron chi connectivity index (χ3n) is 4.40. The van der Waals surface area contributed by atoms with Gasteiger partial charge in [-0.25, -0.2) is 9.78 Å². The summed E-state index contributed by atoms with van der Waals surface area (Å²) in [5.74, 6) is 0.353. The Labute approximate surface area is 130 Å². The maximum absolute atomic E-state index is 11.6. The van der Waals surface area contributed by atoms with E-state index in [0.29, 0.717) is 24.0 Å². The number of likely N-dealkylation sites (tertiary alicyclic amines) is 1. The molecule has 1 aliphatic rings. The summed E-state index contributed by atoms with van der Waals surface area (Å²) in [6, 6.07) is 3.92. The Hall–Kier alpha value is -1.88. The number of rotatable bonds is 3. The molecule has 0 aliphatic carbocycles. The van der Waals surface area contributed by atoms with Gasteiger partial charge in [0.15, 0.2) is 5.69 Å². The van der Waals surface area contributed by atoms with Crippen molar-refractivity contribution in [3.63, 3.8) is 0 Å². The molecule has 0 aromatic carbocycles. The number of piperidine rings is 1. The lowest BCUT2D eigenvalue weighted by Crippen LogP contribution is -2.38. The number of hydrogen-bond donors (Lipinski definition) is 1. The van der Waals surface area contributed by atoms with Gasteiger partial charge >= 0.3 is 5.97 Å². The van der Waals surface area contributed by atoms with Gasteiger partial charge in [-0.05, 0) is 42.9 Å². The van der Waals surface area contributed by atoms with Gasteiger partial charge < -0.3 is 9.51 Å². The van der Waals surface area contributed by atoms with Crippen molar-refractivity contribution < 1.29 is 9.90 Å². The number of nitrogens with zero attached hydrogens (tertiary/aromatic N) is 3. The van der Waals surface area contributed by atoms with Crippen LogP contribution in [-0.2, 0) is 6.54 Å². The molecule has 0 spiro atoms. The van der Waals surface area contributed by atoms with Crippen molar-refractivity contribution in [2.45, 2.75) is 33.7 Å². The standard InChI is InChI=1S/C17H23N3O2/c1-11-4-5-20-14(16(17(21)22)18-15(20)7-11)10-19-8-12(2)6-13(3)9-19/h4-5,7,12-13H,6,8-10H2,1-3H3,(H,21,22).